The summed E-state index contributed by atoms with van der Waals surface area (Å²) < 4.78 is 0.981. The maximum atomic E-state index is 10.1. The van der Waals surface area contributed by atoms with E-state index in [1.807, 2.05) is 24.3 Å². The quantitative estimate of drug-likeness (QED) is 0.788. The minimum Gasteiger partial charge on any atom is -0.478 e. The van der Waals surface area contributed by atoms with Gasteiger partial charge in [-0.15, -0.1) is 0 Å². The molecule has 0 atom stereocenters. The molecule has 1 rings (SSSR count). The first-order valence-electron chi connectivity index (χ1n) is 3.35. The Labute approximate surface area is 78.7 Å². The van der Waals surface area contributed by atoms with Crippen molar-refractivity contribution in [1.29, 1.82) is 0 Å². The molecule has 0 amide bonds. The van der Waals surface area contributed by atoms with Crippen LogP contribution >= 0.6 is 15.9 Å². The average Bonchev–Trinajstić information content (AvgIpc) is 2.03. The number of hydrogen-bond donors (Lipinski definition) is 1. The van der Waals surface area contributed by atoms with Crippen LogP contribution in [0.2, 0.25) is 0 Å². The predicted octanol–water partition coefficient (Wildman–Crippen LogP) is 2.55. The number of halogens is 1. The van der Waals surface area contributed by atoms with Crippen molar-refractivity contribution in [2.24, 2.45) is 0 Å². The lowest BCUT2D eigenvalue weighted by molar-refractivity contribution is -0.131. The zero-order valence-corrected chi connectivity index (χ0v) is 7.78. The highest BCUT2D eigenvalue weighted by Gasteiger charge is 1.89. The fourth-order valence-corrected chi connectivity index (χ4v) is 1.01. The van der Waals surface area contributed by atoms with Crippen molar-refractivity contribution in [3.8, 4) is 0 Å². The highest BCUT2D eigenvalue weighted by molar-refractivity contribution is 9.10. The molecule has 0 aliphatic rings. The standard InChI is InChI=1S/C9H7BrO2/c10-8-4-1-7(2-5-8)3-6-9(11)12/h1-6H,(H,11,12)/b6-3+. The third-order valence-electron chi connectivity index (χ3n) is 1.29. The summed E-state index contributed by atoms with van der Waals surface area (Å²) in [7, 11) is 0. The molecule has 0 bridgehead atoms. The summed E-state index contributed by atoms with van der Waals surface area (Å²) >= 11 is 3.29. The van der Waals surface area contributed by atoms with Crippen LogP contribution in [0.1, 0.15) is 5.56 Å². The first-order valence-corrected chi connectivity index (χ1v) is 4.14. The summed E-state index contributed by atoms with van der Waals surface area (Å²) in [5.41, 5.74) is 0.876. The van der Waals surface area contributed by atoms with E-state index in [1.165, 1.54) is 0 Å². The zero-order valence-electron chi connectivity index (χ0n) is 6.20. The van der Waals surface area contributed by atoms with Gasteiger partial charge >= 0.3 is 5.97 Å². The van der Waals surface area contributed by atoms with Crippen molar-refractivity contribution < 1.29 is 9.90 Å². The molecule has 0 saturated carbocycles. The molecule has 62 valence electrons. The molecule has 3 heteroatoms. The highest BCUT2D eigenvalue weighted by Crippen LogP contribution is 2.11. The second-order valence-corrected chi connectivity index (χ2v) is 3.14. The van der Waals surface area contributed by atoms with Gasteiger partial charge in [0.05, 0.1) is 0 Å². The van der Waals surface area contributed by atoms with E-state index in [1.54, 1.807) is 6.08 Å². The normalized spacial score (nSPS) is 10.4. The fraction of sp³-hybridized carbons (Fsp3) is 0. The summed E-state index contributed by atoms with van der Waals surface area (Å²) in [5.74, 6) is -0.932. The number of carboxylic acid groups (broad SMARTS) is 1. The Kier molecular flexibility index (Phi) is 3.05. The van der Waals surface area contributed by atoms with Crippen molar-refractivity contribution >= 4 is 28.0 Å². The van der Waals surface area contributed by atoms with Crippen molar-refractivity contribution in [2.45, 2.75) is 0 Å². The lowest BCUT2D eigenvalue weighted by Crippen LogP contribution is -1.85. The maximum Gasteiger partial charge on any atom is 0.328 e. The van der Waals surface area contributed by atoms with Gasteiger partial charge in [0.2, 0.25) is 0 Å². The number of aliphatic carboxylic acids is 1. The first kappa shape index (κ1) is 9.00. The highest BCUT2D eigenvalue weighted by atomic mass is 79.9. The van der Waals surface area contributed by atoms with Gasteiger partial charge in [0, 0.05) is 10.5 Å². The van der Waals surface area contributed by atoms with Gasteiger partial charge in [0.25, 0.3) is 0 Å². The van der Waals surface area contributed by atoms with Crippen LogP contribution in [0.4, 0.5) is 0 Å². The second-order valence-electron chi connectivity index (χ2n) is 2.22. The van der Waals surface area contributed by atoms with E-state index in [9.17, 15) is 4.79 Å². The summed E-state index contributed by atoms with van der Waals surface area (Å²) in [5, 5.41) is 8.33. The molecule has 0 saturated heterocycles. The van der Waals surface area contributed by atoms with Gasteiger partial charge in [0.15, 0.2) is 0 Å². The SMILES string of the molecule is O=C(O)/C=C/c1ccc(Br)cc1. The fourth-order valence-electron chi connectivity index (χ4n) is 0.741. The molecule has 0 heterocycles. The van der Waals surface area contributed by atoms with E-state index in [4.69, 9.17) is 5.11 Å². The van der Waals surface area contributed by atoms with Gasteiger partial charge in [-0.1, -0.05) is 28.1 Å². The third kappa shape index (κ3) is 2.88. The van der Waals surface area contributed by atoms with E-state index >= 15 is 0 Å². The Morgan fingerprint density at radius 1 is 1.33 bits per heavy atom. The predicted molar refractivity (Wildman–Crippen MR) is 50.8 cm³/mol. The lowest BCUT2D eigenvalue weighted by atomic mass is 10.2. The monoisotopic (exact) mass is 226 g/mol. The van der Waals surface area contributed by atoms with Crippen LogP contribution in [0.15, 0.2) is 34.8 Å². The molecule has 0 aliphatic heterocycles. The van der Waals surface area contributed by atoms with E-state index in [0.717, 1.165) is 16.1 Å². The van der Waals surface area contributed by atoms with E-state index in [0.29, 0.717) is 0 Å². The van der Waals surface area contributed by atoms with E-state index in [-0.39, 0.29) is 0 Å². The third-order valence-corrected chi connectivity index (χ3v) is 1.82. The van der Waals surface area contributed by atoms with E-state index in [2.05, 4.69) is 15.9 Å². The van der Waals surface area contributed by atoms with Gasteiger partial charge in [-0.05, 0) is 23.8 Å². The van der Waals surface area contributed by atoms with Gasteiger partial charge < -0.3 is 5.11 Å². The molecule has 0 radical (unpaired) electrons. The molecule has 0 spiro atoms. The molecule has 2 nitrogen and oxygen atoms in total. The molecule has 1 N–H and O–H groups in total. The van der Waals surface area contributed by atoms with Crippen molar-refractivity contribution in [1.82, 2.24) is 0 Å². The topological polar surface area (TPSA) is 37.3 Å². The molecular weight excluding hydrogens is 220 g/mol. The van der Waals surface area contributed by atoms with Crippen LogP contribution in [0.25, 0.3) is 6.08 Å². The van der Waals surface area contributed by atoms with Gasteiger partial charge in [-0.2, -0.15) is 0 Å². The molecule has 1 aromatic carbocycles. The number of benzene rings is 1. The van der Waals surface area contributed by atoms with E-state index < -0.39 is 5.97 Å². The number of hydrogen-bond acceptors (Lipinski definition) is 1. The Balaban J connectivity index is 2.77. The van der Waals surface area contributed by atoms with Crippen LogP contribution in [0.3, 0.4) is 0 Å². The Morgan fingerprint density at radius 2 is 1.92 bits per heavy atom. The number of carbonyl (C=O) groups is 1. The minimum absolute atomic E-state index is 0.876. The lowest BCUT2D eigenvalue weighted by Gasteiger charge is -1.91. The second kappa shape index (κ2) is 4.07. The minimum atomic E-state index is -0.932. The van der Waals surface area contributed by atoms with Gasteiger partial charge in [-0.25, -0.2) is 4.79 Å². The Morgan fingerprint density at radius 3 is 2.42 bits per heavy atom. The molecule has 0 fully saturated rings. The van der Waals surface area contributed by atoms with Crippen molar-refractivity contribution in [3.05, 3.63) is 40.4 Å². The zero-order chi connectivity index (χ0) is 8.97. The summed E-state index contributed by atoms with van der Waals surface area (Å²) in [6.07, 6.45) is 2.66. The van der Waals surface area contributed by atoms with Gasteiger partial charge in [-0.3, -0.25) is 0 Å². The Bertz CT molecular complexity index is 301. The smallest absolute Gasteiger partial charge is 0.328 e. The van der Waals surface area contributed by atoms with Crippen LogP contribution in [-0.2, 0) is 4.79 Å². The molecule has 1 aromatic rings. The van der Waals surface area contributed by atoms with Crippen LogP contribution in [0.5, 0.6) is 0 Å². The molecule has 0 unspecified atom stereocenters. The summed E-state index contributed by atoms with van der Waals surface area (Å²) in [6.45, 7) is 0. The van der Waals surface area contributed by atoms with Gasteiger partial charge in [0.1, 0.15) is 0 Å². The Hall–Kier alpha value is -1.09. The molecule has 0 aromatic heterocycles. The largest absolute Gasteiger partial charge is 0.478 e. The number of rotatable bonds is 2. The van der Waals surface area contributed by atoms with Crippen molar-refractivity contribution in [3.63, 3.8) is 0 Å². The van der Waals surface area contributed by atoms with Crippen LogP contribution in [-0.4, -0.2) is 11.1 Å². The maximum absolute atomic E-state index is 10.1. The summed E-state index contributed by atoms with van der Waals surface area (Å²) in [4.78, 5) is 10.1. The van der Waals surface area contributed by atoms with Crippen LogP contribution < -0.4 is 0 Å². The van der Waals surface area contributed by atoms with Crippen LogP contribution in [0, 0.1) is 0 Å². The van der Waals surface area contributed by atoms with Crippen molar-refractivity contribution in [2.75, 3.05) is 0 Å². The summed E-state index contributed by atoms with van der Waals surface area (Å²) in [6, 6.07) is 7.40. The average molecular weight is 227 g/mol. The number of carboxylic acids is 1. The molecule has 0 aliphatic carbocycles. The first-order chi connectivity index (χ1) is 5.68. The molecule has 12 heavy (non-hydrogen) atoms. The molecular formula is C9H7BrO2.